The lowest BCUT2D eigenvalue weighted by Gasteiger charge is -2.32. The second-order valence-corrected chi connectivity index (χ2v) is 7.09. The first-order chi connectivity index (χ1) is 12.9. The summed E-state index contributed by atoms with van der Waals surface area (Å²) in [5.41, 5.74) is 9.32. The molecule has 1 heterocycles. The molecule has 2 aromatic rings. The van der Waals surface area contributed by atoms with Gasteiger partial charge < -0.3 is 20.9 Å². The Labute approximate surface area is 184 Å². The van der Waals surface area contributed by atoms with Crippen LogP contribution in [-0.4, -0.2) is 54.8 Å². The highest BCUT2D eigenvalue weighted by molar-refractivity contribution is 6.05. The fourth-order valence-electron chi connectivity index (χ4n) is 3.18. The van der Waals surface area contributed by atoms with Gasteiger partial charge in [-0.15, -0.1) is 24.8 Å². The Hall–Kier alpha value is -2.28. The highest BCUT2D eigenvalue weighted by atomic mass is 35.5. The van der Waals surface area contributed by atoms with E-state index in [0.29, 0.717) is 23.4 Å². The zero-order chi connectivity index (χ0) is 19.4. The number of likely N-dealkylation sites (N-methyl/N-ethyl adjacent to an activating group) is 1. The van der Waals surface area contributed by atoms with E-state index in [2.05, 4.69) is 17.3 Å². The molecule has 0 aromatic heterocycles. The van der Waals surface area contributed by atoms with Gasteiger partial charge in [-0.05, 0) is 49.4 Å². The van der Waals surface area contributed by atoms with E-state index in [1.165, 1.54) is 0 Å². The summed E-state index contributed by atoms with van der Waals surface area (Å²) < 4.78 is 0. The highest BCUT2D eigenvalue weighted by Crippen LogP contribution is 2.17. The number of carbonyl (C=O) groups excluding carboxylic acids is 2. The molecule has 0 atom stereocenters. The van der Waals surface area contributed by atoms with Crippen molar-refractivity contribution in [3.05, 3.63) is 59.2 Å². The SMILES string of the molecule is Cc1ccc(N)cc1C(=O)Nc1cccc(CC(=O)N2CCN(C)CC2)c1.Cl.Cl. The topological polar surface area (TPSA) is 78.7 Å². The van der Waals surface area contributed by atoms with Gasteiger partial charge in [0.15, 0.2) is 0 Å². The number of hydrogen-bond donors (Lipinski definition) is 2. The number of piperazine rings is 1. The first-order valence-electron chi connectivity index (χ1n) is 9.15. The van der Waals surface area contributed by atoms with E-state index in [9.17, 15) is 9.59 Å². The molecular formula is C21H28Cl2N4O2. The average Bonchev–Trinajstić information content (AvgIpc) is 2.64. The number of rotatable bonds is 4. The quantitative estimate of drug-likeness (QED) is 0.718. The number of nitrogens with one attached hydrogen (secondary N) is 1. The van der Waals surface area contributed by atoms with Gasteiger partial charge in [0.2, 0.25) is 5.91 Å². The van der Waals surface area contributed by atoms with E-state index in [-0.39, 0.29) is 36.6 Å². The summed E-state index contributed by atoms with van der Waals surface area (Å²) in [4.78, 5) is 29.2. The predicted octanol–water partition coefficient (Wildman–Crippen LogP) is 2.99. The van der Waals surface area contributed by atoms with Gasteiger partial charge >= 0.3 is 0 Å². The van der Waals surface area contributed by atoms with Crippen LogP contribution < -0.4 is 11.1 Å². The van der Waals surface area contributed by atoms with Gasteiger partial charge in [-0.2, -0.15) is 0 Å². The monoisotopic (exact) mass is 438 g/mol. The van der Waals surface area contributed by atoms with Crippen LogP contribution in [0.2, 0.25) is 0 Å². The predicted molar refractivity (Wildman–Crippen MR) is 122 cm³/mol. The van der Waals surface area contributed by atoms with Crippen LogP contribution >= 0.6 is 24.8 Å². The number of hydrogen-bond acceptors (Lipinski definition) is 4. The van der Waals surface area contributed by atoms with Crippen LogP contribution in [0.4, 0.5) is 11.4 Å². The van der Waals surface area contributed by atoms with Crippen molar-refractivity contribution < 1.29 is 9.59 Å². The summed E-state index contributed by atoms with van der Waals surface area (Å²) in [5, 5.41) is 2.90. The molecule has 1 fully saturated rings. The third-order valence-electron chi connectivity index (χ3n) is 4.90. The lowest BCUT2D eigenvalue weighted by molar-refractivity contribution is -0.132. The Balaban J connectivity index is 0.00000210. The van der Waals surface area contributed by atoms with Crippen LogP contribution in [0.5, 0.6) is 0 Å². The molecule has 6 nitrogen and oxygen atoms in total. The first-order valence-corrected chi connectivity index (χ1v) is 9.15. The first kappa shape index (κ1) is 24.8. The van der Waals surface area contributed by atoms with Crippen molar-refractivity contribution in [2.45, 2.75) is 13.3 Å². The summed E-state index contributed by atoms with van der Waals surface area (Å²) in [6, 6.07) is 12.7. The molecule has 29 heavy (non-hydrogen) atoms. The number of carbonyl (C=O) groups is 2. The number of anilines is 2. The summed E-state index contributed by atoms with van der Waals surface area (Å²) in [6.45, 7) is 5.21. The number of benzene rings is 2. The lowest BCUT2D eigenvalue weighted by atomic mass is 10.1. The minimum absolute atomic E-state index is 0. The number of nitrogens with two attached hydrogens (primary N) is 1. The van der Waals surface area contributed by atoms with E-state index < -0.39 is 0 Å². The van der Waals surface area contributed by atoms with Crippen molar-refractivity contribution >= 4 is 48.0 Å². The molecule has 1 aliphatic heterocycles. The Kier molecular flexibility index (Phi) is 9.43. The van der Waals surface area contributed by atoms with Gasteiger partial charge in [0.05, 0.1) is 6.42 Å². The Bertz CT molecular complexity index is 852. The molecule has 0 radical (unpaired) electrons. The summed E-state index contributed by atoms with van der Waals surface area (Å²) in [6.07, 6.45) is 0.338. The maximum atomic E-state index is 12.6. The van der Waals surface area contributed by atoms with Crippen molar-refractivity contribution in [2.24, 2.45) is 0 Å². The molecule has 0 aliphatic carbocycles. The molecular weight excluding hydrogens is 411 g/mol. The molecule has 0 spiro atoms. The number of aryl methyl sites for hydroxylation is 1. The Morgan fingerprint density at radius 3 is 2.41 bits per heavy atom. The van der Waals surface area contributed by atoms with E-state index in [1.807, 2.05) is 42.2 Å². The second-order valence-electron chi connectivity index (χ2n) is 7.09. The smallest absolute Gasteiger partial charge is 0.256 e. The van der Waals surface area contributed by atoms with Gasteiger partial charge in [0.1, 0.15) is 0 Å². The molecule has 1 aliphatic rings. The number of nitrogens with zero attached hydrogens (tertiary/aromatic N) is 2. The molecule has 0 unspecified atom stereocenters. The fraction of sp³-hybridized carbons (Fsp3) is 0.333. The van der Waals surface area contributed by atoms with Crippen LogP contribution in [0.25, 0.3) is 0 Å². The summed E-state index contributed by atoms with van der Waals surface area (Å²) >= 11 is 0. The number of nitrogen functional groups attached to an aromatic ring is 1. The molecule has 8 heteroatoms. The average molecular weight is 439 g/mol. The molecule has 0 bridgehead atoms. The molecule has 158 valence electrons. The summed E-state index contributed by atoms with van der Waals surface area (Å²) in [5.74, 6) is -0.0828. The summed E-state index contributed by atoms with van der Waals surface area (Å²) in [7, 11) is 2.07. The van der Waals surface area contributed by atoms with Gasteiger partial charge in [0.25, 0.3) is 5.91 Å². The van der Waals surface area contributed by atoms with Gasteiger partial charge in [0, 0.05) is 43.1 Å². The molecule has 2 amide bonds. The fourth-order valence-corrected chi connectivity index (χ4v) is 3.18. The minimum atomic E-state index is -0.206. The van der Waals surface area contributed by atoms with Crippen molar-refractivity contribution in [3.63, 3.8) is 0 Å². The van der Waals surface area contributed by atoms with Crippen LogP contribution in [0.1, 0.15) is 21.5 Å². The third kappa shape index (κ3) is 6.63. The van der Waals surface area contributed by atoms with E-state index in [4.69, 9.17) is 5.73 Å². The standard InChI is InChI=1S/C21H26N4O2.2ClH/c1-15-6-7-17(22)14-19(15)21(27)23-18-5-3-4-16(12-18)13-20(26)25-10-8-24(2)9-11-25;;/h3-7,12,14H,8-11,13,22H2,1-2H3,(H,23,27);2*1H. The second kappa shape index (κ2) is 11.0. The molecule has 3 N–H and O–H groups in total. The third-order valence-corrected chi connectivity index (χ3v) is 4.90. The van der Waals surface area contributed by atoms with Crippen LogP contribution in [0, 0.1) is 6.92 Å². The molecule has 3 rings (SSSR count). The van der Waals surface area contributed by atoms with Crippen molar-refractivity contribution in [1.82, 2.24) is 9.80 Å². The van der Waals surface area contributed by atoms with Crippen molar-refractivity contribution in [3.8, 4) is 0 Å². The van der Waals surface area contributed by atoms with E-state index in [0.717, 1.165) is 37.3 Å². The molecule has 1 saturated heterocycles. The van der Waals surface area contributed by atoms with Crippen molar-refractivity contribution in [1.29, 1.82) is 0 Å². The zero-order valence-corrected chi connectivity index (χ0v) is 18.3. The number of halogens is 2. The van der Waals surface area contributed by atoms with Crippen LogP contribution in [0.3, 0.4) is 0 Å². The van der Waals surface area contributed by atoms with Gasteiger partial charge in [-0.25, -0.2) is 0 Å². The minimum Gasteiger partial charge on any atom is -0.399 e. The molecule has 0 saturated carbocycles. The van der Waals surface area contributed by atoms with Crippen molar-refractivity contribution in [2.75, 3.05) is 44.3 Å². The van der Waals surface area contributed by atoms with Crippen LogP contribution in [0.15, 0.2) is 42.5 Å². The van der Waals surface area contributed by atoms with E-state index >= 15 is 0 Å². The molecule has 2 aromatic carbocycles. The number of amides is 2. The zero-order valence-electron chi connectivity index (χ0n) is 16.7. The lowest BCUT2D eigenvalue weighted by Crippen LogP contribution is -2.47. The maximum absolute atomic E-state index is 12.6. The Morgan fingerprint density at radius 2 is 1.72 bits per heavy atom. The van der Waals surface area contributed by atoms with Gasteiger partial charge in [-0.1, -0.05) is 18.2 Å². The van der Waals surface area contributed by atoms with Gasteiger partial charge in [-0.3, -0.25) is 9.59 Å². The maximum Gasteiger partial charge on any atom is 0.256 e. The Morgan fingerprint density at radius 1 is 1.03 bits per heavy atom. The van der Waals surface area contributed by atoms with Crippen LogP contribution in [-0.2, 0) is 11.2 Å². The highest BCUT2D eigenvalue weighted by Gasteiger charge is 2.19. The largest absolute Gasteiger partial charge is 0.399 e. The van der Waals surface area contributed by atoms with E-state index in [1.54, 1.807) is 12.1 Å². The normalized spacial score (nSPS) is 13.8.